The van der Waals surface area contributed by atoms with Crippen molar-refractivity contribution in [3.8, 4) is 0 Å². The molecule has 0 saturated heterocycles. The molecule has 2 rings (SSSR count). The summed E-state index contributed by atoms with van der Waals surface area (Å²) >= 11 is 0. The zero-order valence-corrected chi connectivity index (χ0v) is 8.56. The number of aromatic nitrogens is 1. The predicted molar refractivity (Wildman–Crippen MR) is 60.6 cm³/mol. The standard InChI is InChI=1S/C12H11FN2O/c13-12-9(4-3-5-10(12)14)8-15-7-2-1-6-11(15)16/h1-7H,8,14H2. The van der Waals surface area contributed by atoms with Crippen LogP contribution in [-0.2, 0) is 6.54 Å². The molecular weight excluding hydrogens is 207 g/mol. The zero-order valence-electron chi connectivity index (χ0n) is 8.56. The van der Waals surface area contributed by atoms with Gasteiger partial charge in [-0.05, 0) is 12.1 Å². The van der Waals surface area contributed by atoms with Gasteiger partial charge in [-0.1, -0.05) is 18.2 Å². The summed E-state index contributed by atoms with van der Waals surface area (Å²) in [6.45, 7) is 0.191. The van der Waals surface area contributed by atoms with Crippen LogP contribution in [0.1, 0.15) is 5.56 Å². The molecule has 0 amide bonds. The van der Waals surface area contributed by atoms with Crippen molar-refractivity contribution in [3.63, 3.8) is 0 Å². The summed E-state index contributed by atoms with van der Waals surface area (Å²) in [6.07, 6.45) is 1.62. The first-order valence-electron chi connectivity index (χ1n) is 4.87. The molecular formula is C12H11FN2O. The maximum absolute atomic E-state index is 13.6. The van der Waals surface area contributed by atoms with Gasteiger partial charge < -0.3 is 10.3 Å². The average molecular weight is 218 g/mol. The van der Waals surface area contributed by atoms with Crippen molar-refractivity contribution in [1.29, 1.82) is 0 Å². The van der Waals surface area contributed by atoms with Crippen molar-refractivity contribution in [2.75, 3.05) is 5.73 Å². The summed E-state index contributed by atoms with van der Waals surface area (Å²) in [7, 11) is 0. The lowest BCUT2D eigenvalue weighted by Gasteiger charge is -2.07. The highest BCUT2D eigenvalue weighted by Gasteiger charge is 2.06. The van der Waals surface area contributed by atoms with E-state index in [4.69, 9.17) is 5.73 Å². The fourth-order valence-electron chi connectivity index (χ4n) is 1.50. The Bertz CT molecular complexity index is 563. The lowest BCUT2D eigenvalue weighted by atomic mass is 10.2. The third-order valence-corrected chi connectivity index (χ3v) is 2.35. The lowest BCUT2D eigenvalue weighted by Crippen LogP contribution is -2.19. The Balaban J connectivity index is 2.38. The second kappa shape index (κ2) is 4.18. The average Bonchev–Trinajstić information content (AvgIpc) is 2.28. The van der Waals surface area contributed by atoms with Gasteiger partial charge in [-0.3, -0.25) is 4.79 Å². The molecule has 3 nitrogen and oxygen atoms in total. The first-order valence-corrected chi connectivity index (χ1v) is 4.87. The number of nitrogen functional groups attached to an aromatic ring is 1. The van der Waals surface area contributed by atoms with Crippen LogP contribution in [0, 0.1) is 5.82 Å². The maximum Gasteiger partial charge on any atom is 0.250 e. The summed E-state index contributed by atoms with van der Waals surface area (Å²) in [5, 5.41) is 0. The quantitative estimate of drug-likeness (QED) is 0.778. The van der Waals surface area contributed by atoms with E-state index in [-0.39, 0.29) is 17.8 Å². The van der Waals surface area contributed by atoms with E-state index in [9.17, 15) is 9.18 Å². The van der Waals surface area contributed by atoms with Gasteiger partial charge in [-0.25, -0.2) is 4.39 Å². The molecule has 0 aliphatic carbocycles. The summed E-state index contributed by atoms with van der Waals surface area (Å²) in [5.74, 6) is -0.460. The number of anilines is 1. The molecule has 0 bridgehead atoms. The molecule has 0 spiro atoms. The highest BCUT2D eigenvalue weighted by Crippen LogP contribution is 2.14. The van der Waals surface area contributed by atoms with Gasteiger partial charge >= 0.3 is 0 Å². The van der Waals surface area contributed by atoms with Gasteiger partial charge in [0.05, 0.1) is 12.2 Å². The molecule has 82 valence electrons. The molecule has 0 fully saturated rings. The SMILES string of the molecule is Nc1cccc(Cn2ccccc2=O)c1F. The van der Waals surface area contributed by atoms with Gasteiger partial charge in [-0.15, -0.1) is 0 Å². The number of benzene rings is 1. The van der Waals surface area contributed by atoms with Gasteiger partial charge in [0, 0.05) is 17.8 Å². The first kappa shape index (κ1) is 10.4. The number of nitrogens with two attached hydrogens (primary N) is 1. The van der Waals surface area contributed by atoms with E-state index in [0.29, 0.717) is 5.56 Å². The van der Waals surface area contributed by atoms with E-state index in [1.807, 2.05) is 0 Å². The second-order valence-electron chi connectivity index (χ2n) is 3.49. The summed E-state index contributed by atoms with van der Waals surface area (Å²) in [6, 6.07) is 9.59. The Morgan fingerprint density at radius 3 is 2.75 bits per heavy atom. The molecule has 2 aromatic rings. The predicted octanol–water partition coefficient (Wildman–Crippen LogP) is 1.62. The summed E-state index contributed by atoms with van der Waals surface area (Å²) in [4.78, 5) is 11.4. The van der Waals surface area contributed by atoms with Crippen LogP contribution in [0.3, 0.4) is 0 Å². The van der Waals surface area contributed by atoms with E-state index in [0.717, 1.165) is 0 Å². The second-order valence-corrected chi connectivity index (χ2v) is 3.49. The van der Waals surface area contributed by atoms with E-state index < -0.39 is 5.82 Å². The van der Waals surface area contributed by atoms with Crippen LogP contribution < -0.4 is 11.3 Å². The Morgan fingerprint density at radius 2 is 2.00 bits per heavy atom. The first-order chi connectivity index (χ1) is 7.68. The number of pyridine rings is 1. The van der Waals surface area contributed by atoms with E-state index in [1.165, 1.54) is 16.7 Å². The van der Waals surface area contributed by atoms with Crippen LogP contribution in [0.4, 0.5) is 10.1 Å². The third kappa shape index (κ3) is 1.95. The molecule has 16 heavy (non-hydrogen) atoms. The Morgan fingerprint density at radius 1 is 1.19 bits per heavy atom. The number of halogens is 1. The number of hydrogen-bond donors (Lipinski definition) is 1. The lowest BCUT2D eigenvalue weighted by molar-refractivity contribution is 0.600. The molecule has 1 heterocycles. The topological polar surface area (TPSA) is 48.0 Å². The zero-order chi connectivity index (χ0) is 11.5. The van der Waals surface area contributed by atoms with Gasteiger partial charge in [-0.2, -0.15) is 0 Å². The minimum Gasteiger partial charge on any atom is -0.396 e. The van der Waals surface area contributed by atoms with Crippen molar-refractivity contribution in [2.24, 2.45) is 0 Å². The van der Waals surface area contributed by atoms with Crippen LogP contribution in [0.2, 0.25) is 0 Å². The van der Waals surface area contributed by atoms with Crippen molar-refractivity contribution in [1.82, 2.24) is 4.57 Å². The Labute approximate surface area is 92.0 Å². The molecule has 0 aliphatic rings. The van der Waals surface area contributed by atoms with Crippen LogP contribution in [0.15, 0.2) is 47.4 Å². The summed E-state index contributed by atoms with van der Waals surface area (Å²) in [5.41, 5.74) is 5.80. The van der Waals surface area contributed by atoms with Gasteiger partial charge in [0.15, 0.2) is 5.82 Å². The van der Waals surface area contributed by atoms with Gasteiger partial charge in [0.1, 0.15) is 0 Å². The van der Waals surface area contributed by atoms with Crippen LogP contribution in [-0.4, -0.2) is 4.57 Å². The smallest absolute Gasteiger partial charge is 0.250 e. The largest absolute Gasteiger partial charge is 0.396 e. The minimum atomic E-state index is -0.460. The molecule has 2 N–H and O–H groups in total. The van der Waals surface area contributed by atoms with Crippen molar-refractivity contribution >= 4 is 5.69 Å². The fourth-order valence-corrected chi connectivity index (χ4v) is 1.50. The molecule has 1 aromatic carbocycles. The number of nitrogens with zero attached hydrogens (tertiary/aromatic N) is 1. The minimum absolute atomic E-state index is 0.0986. The van der Waals surface area contributed by atoms with E-state index in [1.54, 1.807) is 30.5 Å². The monoisotopic (exact) mass is 218 g/mol. The Hall–Kier alpha value is -2.10. The molecule has 0 saturated carbocycles. The Kier molecular flexibility index (Phi) is 2.72. The molecule has 0 unspecified atom stereocenters. The third-order valence-electron chi connectivity index (χ3n) is 2.35. The van der Waals surface area contributed by atoms with Crippen LogP contribution in [0.25, 0.3) is 0 Å². The normalized spacial score (nSPS) is 10.3. The fraction of sp³-hybridized carbons (Fsp3) is 0.0833. The molecule has 4 heteroatoms. The van der Waals surface area contributed by atoms with Crippen molar-refractivity contribution in [3.05, 3.63) is 64.3 Å². The highest BCUT2D eigenvalue weighted by molar-refractivity contribution is 5.42. The number of hydrogen-bond acceptors (Lipinski definition) is 2. The van der Waals surface area contributed by atoms with Crippen molar-refractivity contribution < 1.29 is 4.39 Å². The van der Waals surface area contributed by atoms with Crippen molar-refractivity contribution in [2.45, 2.75) is 6.54 Å². The van der Waals surface area contributed by atoms with E-state index in [2.05, 4.69) is 0 Å². The summed E-state index contributed by atoms with van der Waals surface area (Å²) < 4.78 is 15.0. The molecule has 0 aliphatic heterocycles. The van der Waals surface area contributed by atoms with Gasteiger partial charge in [0.25, 0.3) is 5.56 Å². The molecule has 0 radical (unpaired) electrons. The van der Waals surface area contributed by atoms with Crippen LogP contribution >= 0.6 is 0 Å². The molecule has 1 aromatic heterocycles. The van der Waals surface area contributed by atoms with Gasteiger partial charge in [0.2, 0.25) is 0 Å². The molecule has 0 atom stereocenters. The van der Waals surface area contributed by atoms with Crippen LogP contribution in [0.5, 0.6) is 0 Å². The van der Waals surface area contributed by atoms with E-state index >= 15 is 0 Å². The maximum atomic E-state index is 13.6. The highest BCUT2D eigenvalue weighted by atomic mass is 19.1. The number of rotatable bonds is 2.